The van der Waals surface area contributed by atoms with Gasteiger partial charge in [0.15, 0.2) is 5.78 Å². The smallest absolute Gasteiger partial charge is 0.310 e. The van der Waals surface area contributed by atoms with E-state index >= 15 is 0 Å². The van der Waals surface area contributed by atoms with Crippen LogP contribution in [-0.2, 0) is 21.4 Å². The number of aromatic nitrogens is 1. The molecule has 0 bridgehead atoms. The van der Waals surface area contributed by atoms with Gasteiger partial charge in [-0.15, -0.1) is 0 Å². The minimum absolute atomic E-state index is 0.00308. The van der Waals surface area contributed by atoms with E-state index in [1.54, 1.807) is 23.7 Å². The van der Waals surface area contributed by atoms with Crippen molar-refractivity contribution in [2.24, 2.45) is 13.0 Å². The third-order valence-corrected chi connectivity index (χ3v) is 3.23. The highest BCUT2D eigenvalue weighted by atomic mass is 16.5. The van der Waals surface area contributed by atoms with E-state index in [4.69, 9.17) is 9.84 Å². The average molecular weight is 296 g/mol. The summed E-state index contributed by atoms with van der Waals surface area (Å²) < 4.78 is 6.45. The summed E-state index contributed by atoms with van der Waals surface area (Å²) in [5, 5.41) is 9.17. The molecule has 1 heterocycles. The Morgan fingerprint density at radius 3 is 2.33 bits per heavy atom. The molecular formula is C14H20N2O5. The largest absolute Gasteiger partial charge is 0.481 e. The van der Waals surface area contributed by atoms with Crippen LogP contribution < -0.4 is 4.90 Å². The molecule has 1 N–H and O–H groups in total. The predicted octanol–water partition coefficient (Wildman–Crippen LogP) is 0.928. The van der Waals surface area contributed by atoms with Crippen molar-refractivity contribution >= 4 is 23.5 Å². The molecule has 116 valence electrons. The number of methoxy groups -OCH3 is 1. The Hall–Kier alpha value is -2.15. The Morgan fingerprint density at radius 2 is 1.95 bits per heavy atom. The number of ether oxygens (including phenoxy) is 1. The van der Waals surface area contributed by atoms with Crippen molar-refractivity contribution in [3.63, 3.8) is 0 Å². The van der Waals surface area contributed by atoms with E-state index in [0.717, 1.165) is 0 Å². The van der Waals surface area contributed by atoms with E-state index in [0.29, 0.717) is 11.5 Å². The highest BCUT2D eigenvalue weighted by Gasteiger charge is 2.25. The molecule has 7 nitrogen and oxygen atoms in total. The maximum Gasteiger partial charge on any atom is 0.310 e. The number of hydrogen-bond donors (Lipinski definition) is 1. The van der Waals surface area contributed by atoms with E-state index in [-0.39, 0.29) is 24.8 Å². The number of anilines is 1. The molecule has 0 saturated heterocycles. The highest BCUT2D eigenvalue weighted by Crippen LogP contribution is 2.20. The maximum absolute atomic E-state index is 11.8. The van der Waals surface area contributed by atoms with E-state index in [2.05, 4.69) is 0 Å². The van der Waals surface area contributed by atoms with Gasteiger partial charge in [0.2, 0.25) is 5.91 Å². The molecule has 0 unspecified atom stereocenters. The second-order valence-electron chi connectivity index (χ2n) is 4.81. The monoisotopic (exact) mass is 296 g/mol. The Labute approximate surface area is 123 Å². The zero-order valence-electron chi connectivity index (χ0n) is 12.6. The summed E-state index contributed by atoms with van der Waals surface area (Å²) in [6.45, 7) is 2.77. The predicted molar refractivity (Wildman–Crippen MR) is 76.4 cm³/mol. The van der Waals surface area contributed by atoms with E-state index < -0.39 is 11.9 Å². The van der Waals surface area contributed by atoms with Gasteiger partial charge in [0, 0.05) is 34.5 Å². The van der Waals surface area contributed by atoms with Crippen molar-refractivity contribution in [1.82, 2.24) is 4.57 Å². The van der Waals surface area contributed by atoms with Crippen LogP contribution in [0.2, 0.25) is 0 Å². The first kappa shape index (κ1) is 16.9. The summed E-state index contributed by atoms with van der Waals surface area (Å²) in [6, 6.07) is 3.24. The van der Waals surface area contributed by atoms with E-state index in [1.165, 1.54) is 25.9 Å². The first-order valence-electron chi connectivity index (χ1n) is 6.46. The fourth-order valence-corrected chi connectivity index (χ4v) is 2.13. The standard InChI is InChI=1S/C14H20N2O5/c1-9(17)12-5-6-13(15(12)3)16(10(2)18)7-11(8-21-4)14(19)20/h5-6,11H,7-8H2,1-4H3,(H,19,20)/t11-/m0/s1. The number of Topliss-reactive ketones (excluding diaryl/α,β-unsaturated/α-hetero) is 1. The molecule has 0 spiro atoms. The number of carbonyl (C=O) groups excluding carboxylic acids is 2. The van der Waals surface area contributed by atoms with Gasteiger partial charge in [-0.25, -0.2) is 0 Å². The second-order valence-corrected chi connectivity index (χ2v) is 4.81. The van der Waals surface area contributed by atoms with Crippen molar-refractivity contribution < 1.29 is 24.2 Å². The molecule has 1 aromatic rings. The molecule has 21 heavy (non-hydrogen) atoms. The molecule has 0 aliphatic carbocycles. The maximum atomic E-state index is 11.8. The molecule has 1 rings (SSSR count). The zero-order valence-corrected chi connectivity index (χ0v) is 12.6. The summed E-state index contributed by atoms with van der Waals surface area (Å²) in [7, 11) is 3.07. The Morgan fingerprint density at radius 1 is 1.33 bits per heavy atom. The third-order valence-electron chi connectivity index (χ3n) is 3.23. The number of hydrogen-bond acceptors (Lipinski definition) is 4. The van der Waals surface area contributed by atoms with Gasteiger partial charge in [-0.2, -0.15) is 0 Å². The number of ketones is 1. The van der Waals surface area contributed by atoms with Crippen LogP contribution in [0.3, 0.4) is 0 Å². The number of amides is 1. The van der Waals surface area contributed by atoms with Crippen LogP contribution in [0.25, 0.3) is 0 Å². The Bertz CT molecular complexity index is 550. The summed E-state index contributed by atoms with van der Waals surface area (Å²) >= 11 is 0. The number of carbonyl (C=O) groups is 3. The molecule has 0 fully saturated rings. The summed E-state index contributed by atoms with van der Waals surface area (Å²) in [6.07, 6.45) is 0. The first-order chi connectivity index (χ1) is 9.79. The van der Waals surface area contributed by atoms with Crippen LogP contribution in [0, 0.1) is 5.92 Å². The lowest BCUT2D eigenvalue weighted by Gasteiger charge is -2.25. The zero-order chi connectivity index (χ0) is 16.2. The molecule has 1 aromatic heterocycles. The molecule has 0 saturated carbocycles. The fraction of sp³-hybridized carbons (Fsp3) is 0.500. The minimum atomic E-state index is -1.04. The lowest BCUT2D eigenvalue weighted by molar-refractivity contribution is -0.143. The number of carboxylic acids is 1. The van der Waals surface area contributed by atoms with E-state index in [9.17, 15) is 14.4 Å². The lowest BCUT2D eigenvalue weighted by Crippen LogP contribution is -2.39. The first-order valence-corrected chi connectivity index (χ1v) is 6.46. The van der Waals surface area contributed by atoms with Gasteiger partial charge in [0.25, 0.3) is 0 Å². The minimum Gasteiger partial charge on any atom is -0.481 e. The van der Waals surface area contributed by atoms with Crippen molar-refractivity contribution in [3.05, 3.63) is 17.8 Å². The molecule has 0 radical (unpaired) electrons. The van der Waals surface area contributed by atoms with Crippen LogP contribution in [0.1, 0.15) is 24.3 Å². The molecule has 1 amide bonds. The Kier molecular flexibility index (Phi) is 5.66. The van der Waals surface area contributed by atoms with Gasteiger partial charge in [-0.3, -0.25) is 19.3 Å². The fourth-order valence-electron chi connectivity index (χ4n) is 2.13. The van der Waals surface area contributed by atoms with E-state index in [1.807, 2.05) is 0 Å². The number of carboxylic acid groups (broad SMARTS) is 1. The number of rotatable bonds is 7. The molecule has 0 aromatic carbocycles. The lowest BCUT2D eigenvalue weighted by atomic mass is 10.1. The van der Waals surface area contributed by atoms with Crippen LogP contribution in [0.5, 0.6) is 0 Å². The molecule has 1 atom stereocenters. The topological polar surface area (TPSA) is 88.8 Å². The van der Waals surface area contributed by atoms with Crippen molar-refractivity contribution in [1.29, 1.82) is 0 Å². The quantitative estimate of drug-likeness (QED) is 0.756. The summed E-state index contributed by atoms with van der Waals surface area (Å²) in [5.74, 6) is -1.82. The summed E-state index contributed by atoms with van der Waals surface area (Å²) in [4.78, 5) is 35.8. The van der Waals surface area contributed by atoms with Gasteiger partial charge in [-0.1, -0.05) is 0 Å². The van der Waals surface area contributed by atoms with Gasteiger partial charge >= 0.3 is 5.97 Å². The van der Waals surface area contributed by atoms with Gasteiger partial charge in [0.1, 0.15) is 5.82 Å². The van der Waals surface area contributed by atoms with Crippen LogP contribution in [-0.4, -0.2) is 47.6 Å². The summed E-state index contributed by atoms with van der Waals surface area (Å²) in [5.41, 5.74) is 0.454. The van der Waals surface area contributed by atoms with Crippen molar-refractivity contribution in [2.45, 2.75) is 13.8 Å². The third kappa shape index (κ3) is 3.91. The van der Waals surface area contributed by atoms with Crippen molar-refractivity contribution in [3.8, 4) is 0 Å². The van der Waals surface area contributed by atoms with Crippen LogP contribution in [0.15, 0.2) is 12.1 Å². The van der Waals surface area contributed by atoms with Gasteiger partial charge < -0.3 is 14.4 Å². The van der Waals surface area contributed by atoms with Crippen molar-refractivity contribution in [2.75, 3.05) is 25.2 Å². The molecular weight excluding hydrogens is 276 g/mol. The normalized spacial score (nSPS) is 12.0. The highest BCUT2D eigenvalue weighted by molar-refractivity contribution is 5.96. The van der Waals surface area contributed by atoms with Gasteiger partial charge in [0.05, 0.1) is 18.2 Å². The average Bonchev–Trinajstić information content (AvgIpc) is 2.75. The number of nitrogens with zero attached hydrogens (tertiary/aromatic N) is 2. The van der Waals surface area contributed by atoms with Gasteiger partial charge in [-0.05, 0) is 12.1 Å². The number of aliphatic carboxylic acids is 1. The molecule has 0 aliphatic heterocycles. The Balaban J connectivity index is 3.10. The van der Waals surface area contributed by atoms with Crippen LogP contribution in [0.4, 0.5) is 5.82 Å². The SMILES string of the molecule is COC[C@H](CN(C(C)=O)c1ccc(C(C)=O)n1C)C(=O)O. The van der Waals surface area contributed by atoms with Crippen LogP contribution >= 0.6 is 0 Å². The molecule has 0 aliphatic rings. The molecule has 7 heteroatoms. The second kappa shape index (κ2) is 7.03.